The van der Waals surface area contributed by atoms with Crippen molar-refractivity contribution in [2.45, 2.75) is 6.29 Å². The summed E-state index contributed by atoms with van der Waals surface area (Å²) in [6.07, 6.45) is 1.88. The molecule has 72 valence electrons. The molecule has 3 nitrogen and oxygen atoms in total. The van der Waals surface area contributed by atoms with Crippen LogP contribution in [0.3, 0.4) is 0 Å². The lowest BCUT2D eigenvalue weighted by Gasteiger charge is -2.01. The van der Waals surface area contributed by atoms with Crippen LogP contribution in [0.5, 0.6) is 0 Å². The number of benzene rings is 1. The smallest absolute Gasteiger partial charge is 0.180 e. The van der Waals surface area contributed by atoms with Crippen molar-refractivity contribution in [3.05, 3.63) is 42.1 Å². The van der Waals surface area contributed by atoms with Crippen LogP contribution in [-0.2, 0) is 0 Å². The molecule has 0 spiro atoms. The van der Waals surface area contributed by atoms with E-state index in [1.54, 1.807) is 12.3 Å². The van der Waals surface area contributed by atoms with Gasteiger partial charge in [-0.05, 0) is 17.7 Å². The quantitative estimate of drug-likeness (QED) is 0.631. The van der Waals surface area contributed by atoms with Gasteiger partial charge in [-0.3, -0.25) is 0 Å². The molecular formula is C11H11NO2. The molecule has 3 heteroatoms. The van der Waals surface area contributed by atoms with E-state index in [0.717, 1.165) is 16.5 Å². The highest BCUT2D eigenvalue weighted by Gasteiger charge is 2.09. The standard InChI is InChI=1S/C11H11NO2/c1-2-7-3-4-10-8(5-7)9(6-12-10)11(13)14/h2-6,11-14H,1H2. The van der Waals surface area contributed by atoms with Crippen molar-refractivity contribution in [1.29, 1.82) is 0 Å². The molecule has 0 bridgehead atoms. The van der Waals surface area contributed by atoms with Gasteiger partial charge in [-0.25, -0.2) is 0 Å². The summed E-state index contributed by atoms with van der Waals surface area (Å²) in [4.78, 5) is 2.97. The molecule has 2 aromatic rings. The molecule has 0 saturated carbocycles. The Morgan fingerprint density at radius 2 is 2.14 bits per heavy atom. The number of fused-ring (bicyclic) bond motifs is 1. The van der Waals surface area contributed by atoms with Gasteiger partial charge in [0.15, 0.2) is 6.29 Å². The molecule has 0 aliphatic heterocycles. The normalized spacial score (nSPS) is 11.1. The highest BCUT2D eigenvalue weighted by molar-refractivity contribution is 5.85. The molecule has 0 atom stereocenters. The van der Waals surface area contributed by atoms with Crippen molar-refractivity contribution in [3.8, 4) is 0 Å². The van der Waals surface area contributed by atoms with Crippen molar-refractivity contribution in [1.82, 2.24) is 4.98 Å². The van der Waals surface area contributed by atoms with Crippen LogP contribution >= 0.6 is 0 Å². The third-order valence-electron chi connectivity index (χ3n) is 2.25. The van der Waals surface area contributed by atoms with E-state index in [9.17, 15) is 0 Å². The fourth-order valence-corrected chi connectivity index (χ4v) is 1.50. The first-order valence-electron chi connectivity index (χ1n) is 4.32. The zero-order valence-electron chi connectivity index (χ0n) is 7.57. The van der Waals surface area contributed by atoms with Crippen LogP contribution in [0.15, 0.2) is 31.0 Å². The van der Waals surface area contributed by atoms with E-state index in [1.165, 1.54) is 0 Å². The molecule has 0 unspecified atom stereocenters. The van der Waals surface area contributed by atoms with Crippen LogP contribution in [-0.4, -0.2) is 15.2 Å². The summed E-state index contributed by atoms with van der Waals surface area (Å²) in [5, 5.41) is 19.0. The van der Waals surface area contributed by atoms with Crippen LogP contribution in [0, 0.1) is 0 Å². The topological polar surface area (TPSA) is 56.2 Å². The average molecular weight is 189 g/mol. The molecule has 1 heterocycles. The van der Waals surface area contributed by atoms with Gasteiger partial charge in [-0.2, -0.15) is 0 Å². The minimum absolute atomic E-state index is 0.490. The minimum atomic E-state index is -1.44. The van der Waals surface area contributed by atoms with Crippen molar-refractivity contribution < 1.29 is 10.2 Å². The van der Waals surface area contributed by atoms with E-state index in [-0.39, 0.29) is 0 Å². The Morgan fingerprint density at radius 3 is 2.79 bits per heavy atom. The van der Waals surface area contributed by atoms with Crippen LogP contribution in [0.25, 0.3) is 17.0 Å². The molecule has 0 amide bonds. The fourth-order valence-electron chi connectivity index (χ4n) is 1.50. The Balaban J connectivity index is 2.69. The van der Waals surface area contributed by atoms with Gasteiger partial charge in [0.05, 0.1) is 0 Å². The first kappa shape index (κ1) is 8.99. The van der Waals surface area contributed by atoms with Gasteiger partial charge < -0.3 is 15.2 Å². The Labute approximate surface area is 81.3 Å². The van der Waals surface area contributed by atoms with E-state index in [4.69, 9.17) is 10.2 Å². The number of H-pyrrole nitrogens is 1. The summed E-state index contributed by atoms with van der Waals surface area (Å²) in [6, 6.07) is 5.67. The number of aliphatic hydroxyl groups excluding tert-OH is 1. The largest absolute Gasteiger partial charge is 0.364 e. The van der Waals surface area contributed by atoms with Gasteiger partial charge in [0.2, 0.25) is 0 Å². The second-order valence-corrected chi connectivity index (χ2v) is 3.13. The maximum Gasteiger partial charge on any atom is 0.180 e. The van der Waals surface area contributed by atoms with E-state index in [0.29, 0.717) is 5.56 Å². The van der Waals surface area contributed by atoms with Crippen LogP contribution in [0.4, 0.5) is 0 Å². The van der Waals surface area contributed by atoms with Gasteiger partial charge in [0, 0.05) is 22.7 Å². The molecule has 3 N–H and O–H groups in total. The summed E-state index contributed by atoms with van der Waals surface area (Å²) in [6.45, 7) is 3.66. The van der Waals surface area contributed by atoms with Crippen molar-refractivity contribution in [2.75, 3.05) is 0 Å². The lowest BCUT2D eigenvalue weighted by molar-refractivity contribution is -0.0412. The predicted octanol–water partition coefficient (Wildman–Crippen LogP) is 1.79. The highest BCUT2D eigenvalue weighted by atomic mass is 16.5. The van der Waals surface area contributed by atoms with Gasteiger partial charge in [-0.15, -0.1) is 0 Å². The van der Waals surface area contributed by atoms with Gasteiger partial charge in [0.1, 0.15) is 0 Å². The van der Waals surface area contributed by atoms with Crippen LogP contribution < -0.4 is 0 Å². The fraction of sp³-hybridized carbons (Fsp3) is 0.0909. The maximum absolute atomic E-state index is 9.08. The third kappa shape index (κ3) is 1.32. The number of aromatic nitrogens is 1. The molecule has 0 aliphatic carbocycles. The van der Waals surface area contributed by atoms with Crippen LogP contribution in [0.2, 0.25) is 0 Å². The zero-order chi connectivity index (χ0) is 10.1. The summed E-state index contributed by atoms with van der Waals surface area (Å²) in [7, 11) is 0. The van der Waals surface area contributed by atoms with Crippen molar-refractivity contribution in [2.24, 2.45) is 0 Å². The first-order valence-corrected chi connectivity index (χ1v) is 4.32. The molecular weight excluding hydrogens is 178 g/mol. The van der Waals surface area contributed by atoms with E-state index < -0.39 is 6.29 Å². The number of nitrogens with one attached hydrogen (secondary N) is 1. The minimum Gasteiger partial charge on any atom is -0.364 e. The first-order chi connectivity index (χ1) is 6.72. The summed E-state index contributed by atoms with van der Waals surface area (Å²) < 4.78 is 0. The SMILES string of the molecule is C=Cc1ccc2[nH]cc(C(O)O)c2c1. The Morgan fingerprint density at radius 1 is 1.36 bits per heavy atom. The van der Waals surface area contributed by atoms with Gasteiger partial charge in [0.25, 0.3) is 0 Å². The number of aliphatic hydroxyl groups is 2. The third-order valence-corrected chi connectivity index (χ3v) is 2.25. The summed E-state index contributed by atoms with van der Waals surface area (Å²) in [5.41, 5.74) is 2.33. The number of hydrogen-bond acceptors (Lipinski definition) is 2. The van der Waals surface area contributed by atoms with E-state index in [2.05, 4.69) is 11.6 Å². The molecule has 0 radical (unpaired) electrons. The molecule has 14 heavy (non-hydrogen) atoms. The van der Waals surface area contributed by atoms with Crippen molar-refractivity contribution >= 4 is 17.0 Å². The van der Waals surface area contributed by atoms with E-state index >= 15 is 0 Å². The predicted molar refractivity (Wildman–Crippen MR) is 55.6 cm³/mol. The Kier molecular flexibility index (Phi) is 2.11. The number of rotatable bonds is 2. The van der Waals surface area contributed by atoms with Gasteiger partial charge >= 0.3 is 0 Å². The average Bonchev–Trinajstić information content (AvgIpc) is 2.59. The van der Waals surface area contributed by atoms with Crippen LogP contribution in [0.1, 0.15) is 17.4 Å². The monoisotopic (exact) mass is 189 g/mol. The molecule has 1 aromatic heterocycles. The lowest BCUT2D eigenvalue weighted by Crippen LogP contribution is -1.92. The second-order valence-electron chi connectivity index (χ2n) is 3.13. The molecule has 0 fully saturated rings. The number of aromatic amines is 1. The highest BCUT2D eigenvalue weighted by Crippen LogP contribution is 2.24. The molecule has 1 aromatic carbocycles. The Hall–Kier alpha value is -1.58. The Bertz CT molecular complexity index is 471. The molecule has 0 saturated heterocycles. The summed E-state index contributed by atoms with van der Waals surface area (Å²) >= 11 is 0. The maximum atomic E-state index is 9.08. The number of hydrogen-bond donors (Lipinski definition) is 3. The lowest BCUT2D eigenvalue weighted by atomic mass is 10.1. The second kappa shape index (κ2) is 3.29. The zero-order valence-corrected chi connectivity index (χ0v) is 7.57. The molecule has 0 aliphatic rings. The molecule has 2 rings (SSSR count). The van der Waals surface area contributed by atoms with E-state index in [1.807, 2.05) is 18.2 Å². The van der Waals surface area contributed by atoms with Crippen molar-refractivity contribution in [3.63, 3.8) is 0 Å². The van der Waals surface area contributed by atoms with Gasteiger partial charge in [-0.1, -0.05) is 18.7 Å². The summed E-state index contributed by atoms with van der Waals surface area (Å²) in [5.74, 6) is 0.